The molecule has 4 rings (SSSR count). The number of hydrogen-bond donors (Lipinski definition) is 2. The number of benzene rings is 4. The maximum absolute atomic E-state index is 3.63. The molecule has 29 heavy (non-hydrogen) atoms. The summed E-state index contributed by atoms with van der Waals surface area (Å²) in [5, 5.41) is 7.25. The van der Waals surface area contributed by atoms with Crippen molar-refractivity contribution in [2.24, 2.45) is 0 Å². The molecule has 4 aromatic rings. The Morgan fingerprint density at radius 2 is 0.828 bits per heavy atom. The molecule has 0 fully saturated rings. The second kappa shape index (κ2) is 8.24. The van der Waals surface area contributed by atoms with Crippen LogP contribution in [0.5, 0.6) is 0 Å². The maximum atomic E-state index is 3.63. The fraction of sp³-hybridized carbons (Fsp3) is 0.111. The molecule has 0 spiro atoms. The van der Waals surface area contributed by atoms with Crippen LogP contribution >= 0.6 is 0 Å². The molecule has 0 aliphatic rings. The zero-order chi connectivity index (χ0) is 20.1. The summed E-state index contributed by atoms with van der Waals surface area (Å²) in [4.78, 5) is 0. The quantitative estimate of drug-likeness (QED) is 0.344. The summed E-state index contributed by atoms with van der Waals surface area (Å²) in [5.41, 5.74) is 6.71. The van der Waals surface area contributed by atoms with Gasteiger partial charge in [-0.15, -0.1) is 0 Å². The molecule has 0 unspecified atom stereocenters. The summed E-state index contributed by atoms with van der Waals surface area (Å²) in [6.45, 7) is 4.30. The summed E-state index contributed by atoms with van der Waals surface area (Å²) in [5.74, 6) is 0. The van der Waals surface area contributed by atoms with Crippen molar-refractivity contribution in [1.29, 1.82) is 0 Å². The van der Waals surface area contributed by atoms with E-state index < -0.39 is 0 Å². The monoisotopic (exact) mass is 378 g/mol. The SMILES string of the molecule is CC(C)(Nc1cccc(-c2ccccc2)c1)Nc1cccc(-c2ccccc2)c1. The first-order valence-corrected chi connectivity index (χ1v) is 9.96. The number of nitrogens with one attached hydrogen (secondary N) is 2. The summed E-state index contributed by atoms with van der Waals surface area (Å²) in [6, 6.07) is 38.0. The molecule has 2 N–H and O–H groups in total. The van der Waals surface area contributed by atoms with Crippen molar-refractivity contribution in [3.8, 4) is 22.3 Å². The van der Waals surface area contributed by atoms with E-state index in [0.717, 1.165) is 11.4 Å². The molecule has 0 radical (unpaired) electrons. The lowest BCUT2D eigenvalue weighted by molar-refractivity contribution is 0.652. The highest BCUT2D eigenvalue weighted by Crippen LogP contribution is 2.27. The van der Waals surface area contributed by atoms with Gasteiger partial charge in [0.05, 0.1) is 0 Å². The van der Waals surface area contributed by atoms with Crippen molar-refractivity contribution >= 4 is 11.4 Å². The van der Waals surface area contributed by atoms with Crippen LogP contribution in [0.2, 0.25) is 0 Å². The van der Waals surface area contributed by atoms with E-state index in [-0.39, 0.29) is 5.66 Å². The van der Waals surface area contributed by atoms with Crippen molar-refractivity contribution in [3.63, 3.8) is 0 Å². The van der Waals surface area contributed by atoms with Crippen LogP contribution in [0.15, 0.2) is 109 Å². The second-order valence-corrected chi connectivity index (χ2v) is 7.77. The minimum Gasteiger partial charge on any atom is -0.363 e. The van der Waals surface area contributed by atoms with Gasteiger partial charge in [0.1, 0.15) is 5.66 Å². The number of hydrogen-bond acceptors (Lipinski definition) is 2. The predicted molar refractivity (Wildman–Crippen MR) is 125 cm³/mol. The summed E-state index contributed by atoms with van der Waals surface area (Å²) < 4.78 is 0. The van der Waals surface area contributed by atoms with Crippen LogP contribution in [0.25, 0.3) is 22.3 Å². The molecule has 0 heterocycles. The van der Waals surface area contributed by atoms with Gasteiger partial charge < -0.3 is 10.6 Å². The van der Waals surface area contributed by atoms with Gasteiger partial charge in [-0.3, -0.25) is 0 Å². The lowest BCUT2D eigenvalue weighted by Crippen LogP contribution is -2.39. The molecular formula is C27H26N2. The van der Waals surface area contributed by atoms with Gasteiger partial charge >= 0.3 is 0 Å². The average Bonchev–Trinajstić information content (AvgIpc) is 2.75. The molecule has 2 heteroatoms. The average molecular weight is 379 g/mol. The van der Waals surface area contributed by atoms with Crippen molar-refractivity contribution in [2.45, 2.75) is 19.5 Å². The van der Waals surface area contributed by atoms with Crippen LogP contribution in [0, 0.1) is 0 Å². The Balaban J connectivity index is 1.51. The number of anilines is 2. The molecule has 0 aromatic heterocycles. The second-order valence-electron chi connectivity index (χ2n) is 7.77. The van der Waals surface area contributed by atoms with Crippen molar-refractivity contribution < 1.29 is 0 Å². The van der Waals surface area contributed by atoms with Gasteiger partial charge in [-0.2, -0.15) is 0 Å². The van der Waals surface area contributed by atoms with Gasteiger partial charge in [0.2, 0.25) is 0 Å². The zero-order valence-corrected chi connectivity index (χ0v) is 16.9. The molecule has 144 valence electrons. The fourth-order valence-corrected chi connectivity index (χ4v) is 3.57. The Labute approximate surface area is 173 Å². The predicted octanol–water partition coefficient (Wildman–Crippen LogP) is 7.28. The lowest BCUT2D eigenvalue weighted by atomic mass is 10.0. The summed E-state index contributed by atoms with van der Waals surface area (Å²) >= 11 is 0. The smallest absolute Gasteiger partial charge is 0.102 e. The molecule has 0 atom stereocenters. The van der Waals surface area contributed by atoms with E-state index in [0.29, 0.717) is 0 Å². The third-order valence-electron chi connectivity index (χ3n) is 4.85. The first kappa shape index (κ1) is 18.8. The first-order chi connectivity index (χ1) is 14.1. The Hall–Kier alpha value is -3.52. The third-order valence-corrected chi connectivity index (χ3v) is 4.85. The molecule has 0 aliphatic carbocycles. The van der Waals surface area contributed by atoms with Crippen molar-refractivity contribution in [3.05, 3.63) is 109 Å². The largest absolute Gasteiger partial charge is 0.363 e. The maximum Gasteiger partial charge on any atom is 0.102 e. The summed E-state index contributed by atoms with van der Waals surface area (Å²) in [7, 11) is 0. The Morgan fingerprint density at radius 3 is 1.24 bits per heavy atom. The number of rotatable bonds is 6. The third kappa shape index (κ3) is 4.85. The highest BCUT2D eigenvalue weighted by atomic mass is 15.2. The minimum absolute atomic E-state index is 0.315. The summed E-state index contributed by atoms with van der Waals surface area (Å²) in [6.07, 6.45) is 0. The molecule has 0 aliphatic heterocycles. The van der Waals surface area contributed by atoms with Crippen LogP contribution in [-0.2, 0) is 0 Å². The lowest BCUT2D eigenvalue weighted by Gasteiger charge is -2.30. The first-order valence-electron chi connectivity index (χ1n) is 9.96. The van der Waals surface area contributed by atoms with E-state index in [9.17, 15) is 0 Å². The molecule has 4 aromatic carbocycles. The van der Waals surface area contributed by atoms with E-state index in [1.165, 1.54) is 22.3 Å². The molecule has 0 saturated carbocycles. The van der Waals surface area contributed by atoms with E-state index in [4.69, 9.17) is 0 Å². The molecule has 0 amide bonds. The van der Waals surface area contributed by atoms with Crippen LogP contribution in [-0.4, -0.2) is 5.66 Å². The highest BCUT2D eigenvalue weighted by molar-refractivity contribution is 5.70. The van der Waals surface area contributed by atoms with E-state index in [1.54, 1.807) is 0 Å². The van der Waals surface area contributed by atoms with E-state index in [2.05, 4.69) is 122 Å². The fourth-order valence-electron chi connectivity index (χ4n) is 3.57. The Kier molecular flexibility index (Phi) is 5.35. The zero-order valence-electron chi connectivity index (χ0n) is 16.9. The van der Waals surface area contributed by atoms with Gasteiger partial charge in [-0.1, -0.05) is 84.9 Å². The van der Waals surface area contributed by atoms with Crippen LogP contribution in [0.1, 0.15) is 13.8 Å². The van der Waals surface area contributed by atoms with Gasteiger partial charge in [-0.25, -0.2) is 0 Å². The topological polar surface area (TPSA) is 24.1 Å². The highest BCUT2D eigenvalue weighted by Gasteiger charge is 2.17. The Bertz CT molecular complexity index is 983. The molecule has 2 nitrogen and oxygen atoms in total. The van der Waals surface area contributed by atoms with Crippen molar-refractivity contribution in [2.75, 3.05) is 10.6 Å². The molecule has 0 saturated heterocycles. The molecular weight excluding hydrogens is 352 g/mol. The van der Waals surface area contributed by atoms with Gasteiger partial charge in [0, 0.05) is 11.4 Å². The minimum atomic E-state index is -0.315. The van der Waals surface area contributed by atoms with Gasteiger partial charge in [0.15, 0.2) is 0 Å². The van der Waals surface area contributed by atoms with Crippen LogP contribution < -0.4 is 10.6 Å². The molecule has 0 bridgehead atoms. The van der Waals surface area contributed by atoms with Gasteiger partial charge in [-0.05, 0) is 60.4 Å². The van der Waals surface area contributed by atoms with E-state index >= 15 is 0 Å². The van der Waals surface area contributed by atoms with Crippen LogP contribution in [0.3, 0.4) is 0 Å². The van der Waals surface area contributed by atoms with Crippen molar-refractivity contribution in [1.82, 2.24) is 0 Å². The van der Waals surface area contributed by atoms with Gasteiger partial charge in [0.25, 0.3) is 0 Å². The van der Waals surface area contributed by atoms with E-state index in [1.807, 2.05) is 12.1 Å². The standard InChI is InChI=1S/C27H26N2/c1-27(2,28-25-17-9-15-23(19-25)21-11-5-3-6-12-21)29-26-18-10-16-24(20-26)22-13-7-4-8-14-22/h3-20,28-29H,1-2H3. The Morgan fingerprint density at radius 1 is 0.448 bits per heavy atom. The van der Waals surface area contributed by atoms with Crippen LogP contribution in [0.4, 0.5) is 11.4 Å². The normalized spacial score (nSPS) is 11.1.